The van der Waals surface area contributed by atoms with Crippen LogP contribution in [-0.4, -0.2) is 47.7 Å². The molecule has 0 aliphatic carbocycles. The zero-order valence-electron chi connectivity index (χ0n) is 15.2. The number of nitrogens with zero attached hydrogens (tertiary/aromatic N) is 6. The molecule has 0 unspecified atom stereocenters. The van der Waals surface area contributed by atoms with Crippen molar-refractivity contribution in [1.82, 2.24) is 34.6 Å². The number of hydrogen-bond acceptors (Lipinski definition) is 7. The van der Waals surface area contributed by atoms with E-state index in [1.54, 1.807) is 24.5 Å². The van der Waals surface area contributed by atoms with Gasteiger partial charge in [0.05, 0.1) is 5.69 Å². The molecule has 0 amide bonds. The molecule has 0 saturated carbocycles. The second kappa shape index (κ2) is 7.01. The Balaban J connectivity index is 1.24. The van der Waals surface area contributed by atoms with Crippen molar-refractivity contribution in [2.75, 3.05) is 13.1 Å². The summed E-state index contributed by atoms with van der Waals surface area (Å²) in [4.78, 5) is 27.7. The quantitative estimate of drug-likeness (QED) is 0.578. The molecule has 1 fully saturated rings. The first kappa shape index (κ1) is 16.8. The molecule has 4 aromatic heterocycles. The monoisotopic (exact) mass is 377 g/mol. The zero-order chi connectivity index (χ0) is 18.9. The molecule has 0 aromatic carbocycles. The Hall–Kier alpha value is -3.33. The third-order valence-corrected chi connectivity index (χ3v) is 5.09. The Morgan fingerprint density at radius 3 is 2.89 bits per heavy atom. The Morgan fingerprint density at radius 1 is 1.18 bits per heavy atom. The van der Waals surface area contributed by atoms with Gasteiger partial charge in [0.2, 0.25) is 11.7 Å². The third-order valence-electron chi connectivity index (χ3n) is 5.09. The Morgan fingerprint density at radius 2 is 2.07 bits per heavy atom. The number of hydrogen-bond donors (Lipinski definition) is 1. The lowest BCUT2D eigenvalue weighted by Crippen LogP contribution is -2.33. The SMILES string of the molecule is O=c1cc(CN2CCC(c3nc(-c4ccccn4)no3)CC2)nc2cc[nH]n12. The highest BCUT2D eigenvalue weighted by atomic mass is 16.5. The van der Waals surface area contributed by atoms with Gasteiger partial charge in [-0.25, -0.2) is 9.50 Å². The van der Waals surface area contributed by atoms with E-state index in [1.807, 2.05) is 18.2 Å². The highest BCUT2D eigenvalue weighted by Gasteiger charge is 2.26. The molecule has 9 heteroatoms. The summed E-state index contributed by atoms with van der Waals surface area (Å²) in [6.45, 7) is 2.44. The van der Waals surface area contributed by atoms with Crippen LogP contribution in [0.4, 0.5) is 0 Å². The number of piperidine rings is 1. The molecule has 0 bridgehead atoms. The van der Waals surface area contributed by atoms with Gasteiger partial charge < -0.3 is 4.52 Å². The van der Waals surface area contributed by atoms with Gasteiger partial charge in [-0.05, 0) is 38.1 Å². The van der Waals surface area contributed by atoms with E-state index in [4.69, 9.17) is 4.52 Å². The number of aromatic nitrogens is 6. The average Bonchev–Trinajstić information content (AvgIpc) is 3.39. The van der Waals surface area contributed by atoms with E-state index in [0.29, 0.717) is 29.6 Å². The molecular formula is C19H19N7O2. The molecule has 0 radical (unpaired) electrons. The van der Waals surface area contributed by atoms with Gasteiger partial charge in [-0.1, -0.05) is 11.2 Å². The van der Waals surface area contributed by atoms with Crippen LogP contribution in [0, 0.1) is 0 Å². The van der Waals surface area contributed by atoms with Crippen molar-refractivity contribution in [1.29, 1.82) is 0 Å². The number of pyridine rings is 1. The summed E-state index contributed by atoms with van der Waals surface area (Å²) in [5, 5.41) is 6.93. The van der Waals surface area contributed by atoms with Crippen molar-refractivity contribution < 1.29 is 4.52 Å². The number of aromatic amines is 1. The Bertz CT molecular complexity index is 1140. The van der Waals surface area contributed by atoms with E-state index in [0.717, 1.165) is 31.6 Å². The van der Waals surface area contributed by atoms with Crippen LogP contribution >= 0.6 is 0 Å². The fraction of sp³-hybridized carbons (Fsp3) is 0.316. The molecule has 5 heterocycles. The maximum Gasteiger partial charge on any atom is 0.272 e. The first-order valence-electron chi connectivity index (χ1n) is 9.30. The summed E-state index contributed by atoms with van der Waals surface area (Å²) in [6, 6.07) is 9.02. The van der Waals surface area contributed by atoms with Gasteiger partial charge in [-0.2, -0.15) is 4.98 Å². The number of H-pyrrole nitrogens is 1. The minimum absolute atomic E-state index is 0.0900. The van der Waals surface area contributed by atoms with Gasteiger partial charge in [0.1, 0.15) is 5.69 Å². The predicted molar refractivity (Wildman–Crippen MR) is 101 cm³/mol. The van der Waals surface area contributed by atoms with Gasteiger partial charge in [0.15, 0.2) is 5.65 Å². The maximum absolute atomic E-state index is 12.1. The van der Waals surface area contributed by atoms with Crippen LogP contribution in [0.1, 0.15) is 30.3 Å². The smallest absolute Gasteiger partial charge is 0.272 e. The summed E-state index contributed by atoms with van der Waals surface area (Å²) in [5.41, 5.74) is 2.06. The second-order valence-corrected chi connectivity index (χ2v) is 6.96. The number of likely N-dealkylation sites (tertiary alicyclic amines) is 1. The van der Waals surface area contributed by atoms with Gasteiger partial charge >= 0.3 is 0 Å². The predicted octanol–water partition coefficient (Wildman–Crippen LogP) is 1.85. The normalized spacial score (nSPS) is 16.0. The van der Waals surface area contributed by atoms with Crippen LogP contribution in [0.15, 0.2) is 52.0 Å². The van der Waals surface area contributed by atoms with Gasteiger partial charge in [0.25, 0.3) is 5.56 Å². The molecule has 142 valence electrons. The third kappa shape index (κ3) is 3.20. The van der Waals surface area contributed by atoms with E-state index in [1.165, 1.54) is 4.52 Å². The molecule has 0 spiro atoms. The van der Waals surface area contributed by atoms with E-state index in [9.17, 15) is 4.79 Å². The van der Waals surface area contributed by atoms with Crippen molar-refractivity contribution >= 4 is 5.65 Å². The van der Waals surface area contributed by atoms with Crippen LogP contribution in [0.5, 0.6) is 0 Å². The lowest BCUT2D eigenvalue weighted by molar-refractivity contribution is 0.186. The molecule has 9 nitrogen and oxygen atoms in total. The summed E-state index contributed by atoms with van der Waals surface area (Å²) < 4.78 is 6.92. The molecule has 5 rings (SSSR count). The molecule has 1 aliphatic rings. The van der Waals surface area contributed by atoms with Crippen molar-refractivity contribution in [3.05, 3.63) is 64.7 Å². The van der Waals surface area contributed by atoms with Gasteiger partial charge in [-0.3, -0.25) is 19.8 Å². The fourth-order valence-electron chi connectivity index (χ4n) is 3.63. The maximum atomic E-state index is 12.1. The van der Waals surface area contributed by atoms with E-state index < -0.39 is 0 Å². The summed E-state index contributed by atoms with van der Waals surface area (Å²) in [5.74, 6) is 1.44. The molecule has 1 aliphatic heterocycles. The fourth-order valence-corrected chi connectivity index (χ4v) is 3.63. The van der Waals surface area contributed by atoms with Crippen molar-refractivity contribution in [3.63, 3.8) is 0 Å². The van der Waals surface area contributed by atoms with Crippen LogP contribution < -0.4 is 5.56 Å². The lowest BCUT2D eigenvalue weighted by atomic mass is 9.96. The highest BCUT2D eigenvalue weighted by molar-refractivity contribution is 5.47. The highest BCUT2D eigenvalue weighted by Crippen LogP contribution is 2.28. The first-order chi connectivity index (χ1) is 13.8. The molecule has 1 saturated heterocycles. The van der Waals surface area contributed by atoms with Crippen molar-refractivity contribution in [2.45, 2.75) is 25.3 Å². The van der Waals surface area contributed by atoms with Crippen molar-refractivity contribution in [2.24, 2.45) is 0 Å². The molecule has 0 atom stereocenters. The minimum Gasteiger partial charge on any atom is -0.339 e. The van der Waals surface area contributed by atoms with Crippen LogP contribution in [0.3, 0.4) is 0 Å². The van der Waals surface area contributed by atoms with Crippen LogP contribution in [0.2, 0.25) is 0 Å². The second-order valence-electron chi connectivity index (χ2n) is 6.96. The Kier molecular flexibility index (Phi) is 4.21. The van der Waals surface area contributed by atoms with Crippen LogP contribution in [0.25, 0.3) is 17.2 Å². The Labute approximate surface area is 160 Å². The standard InChI is InChI=1S/C19H19N7O2/c27-17-11-14(22-16-4-8-21-26(16)17)12-25-9-5-13(6-10-25)19-23-18(24-28-19)15-3-1-2-7-20-15/h1-4,7-8,11,13,21H,5-6,9-10,12H2. The summed E-state index contributed by atoms with van der Waals surface area (Å²) >= 11 is 0. The van der Waals surface area contributed by atoms with Gasteiger partial charge in [0, 0.05) is 37.0 Å². The van der Waals surface area contributed by atoms with Crippen LogP contribution in [-0.2, 0) is 6.54 Å². The van der Waals surface area contributed by atoms with E-state index in [2.05, 4.69) is 30.1 Å². The first-order valence-corrected chi connectivity index (χ1v) is 9.30. The van der Waals surface area contributed by atoms with Gasteiger partial charge in [-0.15, -0.1) is 0 Å². The number of nitrogens with one attached hydrogen (secondary N) is 1. The molecule has 4 aromatic rings. The van der Waals surface area contributed by atoms with Crippen molar-refractivity contribution in [3.8, 4) is 11.5 Å². The molecule has 28 heavy (non-hydrogen) atoms. The number of rotatable bonds is 4. The summed E-state index contributed by atoms with van der Waals surface area (Å²) in [6.07, 6.45) is 5.28. The topological polar surface area (TPSA) is 105 Å². The molecular weight excluding hydrogens is 358 g/mol. The van der Waals surface area contributed by atoms with E-state index >= 15 is 0 Å². The van der Waals surface area contributed by atoms with E-state index in [-0.39, 0.29) is 11.5 Å². The average molecular weight is 377 g/mol. The summed E-state index contributed by atoms with van der Waals surface area (Å²) in [7, 11) is 0. The minimum atomic E-state index is -0.0900. The zero-order valence-corrected chi connectivity index (χ0v) is 15.2. The largest absolute Gasteiger partial charge is 0.339 e. The number of fused-ring (bicyclic) bond motifs is 1. The lowest BCUT2D eigenvalue weighted by Gasteiger charge is -2.29. The molecule has 1 N–H and O–H groups in total.